The molecule has 0 fully saturated rings. The van der Waals surface area contributed by atoms with Crippen LogP contribution in [0.25, 0.3) is 11.4 Å². The largest absolute Gasteiger partial charge is 0.354 e. The highest BCUT2D eigenvalue weighted by Crippen LogP contribution is 2.18. The summed E-state index contributed by atoms with van der Waals surface area (Å²) in [6.45, 7) is 2.71. The molecule has 3 rings (SSSR count). The van der Waals surface area contributed by atoms with Gasteiger partial charge in [-0.3, -0.25) is 14.5 Å². The van der Waals surface area contributed by atoms with Crippen LogP contribution in [0.15, 0.2) is 53.0 Å². The van der Waals surface area contributed by atoms with Crippen molar-refractivity contribution >= 4 is 34.1 Å². The third-order valence-electron chi connectivity index (χ3n) is 4.01. The number of rotatable bonds is 6. The molecule has 7 heteroatoms. The maximum absolute atomic E-state index is 12.4. The molecular formula is C19H19BrN4OS. The van der Waals surface area contributed by atoms with Gasteiger partial charge in [-0.25, -0.2) is 0 Å². The van der Waals surface area contributed by atoms with E-state index in [1.807, 2.05) is 55.5 Å². The molecule has 1 aromatic heterocycles. The molecule has 0 saturated heterocycles. The molecule has 5 nitrogen and oxygen atoms in total. The Kier molecular flexibility index (Phi) is 6.00. The zero-order chi connectivity index (χ0) is 18.5. The van der Waals surface area contributed by atoms with Crippen molar-refractivity contribution in [3.63, 3.8) is 0 Å². The number of benzene rings is 2. The predicted octanol–water partition coefficient (Wildman–Crippen LogP) is 4.04. The Bertz CT molecular complexity index is 979. The monoisotopic (exact) mass is 430 g/mol. The number of amides is 1. The second-order valence-corrected chi connectivity index (χ2v) is 7.24. The molecular weight excluding hydrogens is 412 g/mol. The van der Waals surface area contributed by atoms with Gasteiger partial charge in [0.1, 0.15) is 6.54 Å². The zero-order valence-electron chi connectivity index (χ0n) is 14.3. The molecule has 0 atom stereocenters. The number of halogens is 1. The highest BCUT2D eigenvalue weighted by atomic mass is 79.9. The van der Waals surface area contributed by atoms with Crippen molar-refractivity contribution in [2.45, 2.75) is 19.9 Å². The zero-order valence-corrected chi connectivity index (χ0v) is 16.7. The SMILES string of the molecule is Cc1cccc(-c2n[nH]c(=S)n2CC(=O)NCCc2ccccc2Br)c1. The predicted molar refractivity (Wildman–Crippen MR) is 108 cm³/mol. The first-order valence-corrected chi connectivity index (χ1v) is 9.47. The second kappa shape index (κ2) is 8.42. The molecule has 0 aliphatic heterocycles. The molecule has 3 aromatic rings. The fraction of sp³-hybridized carbons (Fsp3) is 0.211. The van der Waals surface area contributed by atoms with E-state index in [9.17, 15) is 4.79 Å². The smallest absolute Gasteiger partial charge is 0.240 e. The van der Waals surface area contributed by atoms with Gasteiger partial charge in [0.15, 0.2) is 10.6 Å². The first-order valence-electron chi connectivity index (χ1n) is 8.27. The van der Waals surface area contributed by atoms with Crippen LogP contribution < -0.4 is 5.32 Å². The maximum atomic E-state index is 12.4. The Balaban J connectivity index is 1.66. The van der Waals surface area contributed by atoms with E-state index in [0.29, 0.717) is 17.1 Å². The highest BCUT2D eigenvalue weighted by molar-refractivity contribution is 9.10. The van der Waals surface area contributed by atoms with Crippen LogP contribution in [0.2, 0.25) is 0 Å². The number of hydrogen-bond acceptors (Lipinski definition) is 3. The summed E-state index contributed by atoms with van der Waals surface area (Å²) in [5, 5.41) is 10.0. The number of H-pyrrole nitrogens is 1. The van der Waals surface area contributed by atoms with Crippen LogP contribution in [-0.2, 0) is 17.8 Å². The van der Waals surface area contributed by atoms with Crippen LogP contribution in [0.4, 0.5) is 0 Å². The number of aryl methyl sites for hydroxylation is 1. The number of nitrogens with zero attached hydrogens (tertiary/aromatic N) is 2. The molecule has 134 valence electrons. The summed E-state index contributed by atoms with van der Waals surface area (Å²) < 4.78 is 3.20. The highest BCUT2D eigenvalue weighted by Gasteiger charge is 2.12. The van der Waals surface area contributed by atoms with Gasteiger partial charge in [0.25, 0.3) is 0 Å². The summed E-state index contributed by atoms with van der Waals surface area (Å²) in [6.07, 6.45) is 0.759. The molecule has 2 aromatic carbocycles. The van der Waals surface area contributed by atoms with Gasteiger partial charge in [0, 0.05) is 16.6 Å². The van der Waals surface area contributed by atoms with Crippen molar-refractivity contribution in [3.8, 4) is 11.4 Å². The van der Waals surface area contributed by atoms with Gasteiger partial charge in [0.05, 0.1) is 0 Å². The summed E-state index contributed by atoms with van der Waals surface area (Å²) in [4.78, 5) is 12.4. The molecule has 0 aliphatic rings. The summed E-state index contributed by atoms with van der Waals surface area (Å²) in [5.74, 6) is 0.572. The number of nitrogens with one attached hydrogen (secondary N) is 2. The quantitative estimate of drug-likeness (QED) is 0.580. The van der Waals surface area contributed by atoms with E-state index in [1.165, 1.54) is 0 Å². The Morgan fingerprint density at radius 2 is 2.08 bits per heavy atom. The van der Waals surface area contributed by atoms with Gasteiger partial charge >= 0.3 is 0 Å². The van der Waals surface area contributed by atoms with E-state index in [-0.39, 0.29) is 12.5 Å². The third-order valence-corrected chi connectivity index (χ3v) is 5.10. The van der Waals surface area contributed by atoms with Gasteiger partial charge in [0.2, 0.25) is 5.91 Å². The number of aromatic amines is 1. The summed E-state index contributed by atoms with van der Waals surface area (Å²) in [5.41, 5.74) is 3.22. The fourth-order valence-corrected chi connectivity index (χ4v) is 3.39. The minimum absolute atomic E-state index is 0.0940. The molecule has 0 spiro atoms. The van der Waals surface area contributed by atoms with Crippen molar-refractivity contribution in [1.29, 1.82) is 0 Å². The van der Waals surface area contributed by atoms with Crippen LogP contribution in [-0.4, -0.2) is 27.2 Å². The lowest BCUT2D eigenvalue weighted by Gasteiger charge is -2.09. The van der Waals surface area contributed by atoms with Crippen LogP contribution in [0.3, 0.4) is 0 Å². The van der Waals surface area contributed by atoms with Crippen LogP contribution in [0.1, 0.15) is 11.1 Å². The van der Waals surface area contributed by atoms with E-state index in [1.54, 1.807) is 4.57 Å². The molecule has 0 radical (unpaired) electrons. The topological polar surface area (TPSA) is 62.7 Å². The van der Waals surface area contributed by atoms with Gasteiger partial charge < -0.3 is 5.32 Å². The Morgan fingerprint density at radius 3 is 2.85 bits per heavy atom. The van der Waals surface area contributed by atoms with Crippen molar-refractivity contribution in [1.82, 2.24) is 20.1 Å². The lowest BCUT2D eigenvalue weighted by Crippen LogP contribution is -2.29. The normalized spacial score (nSPS) is 10.7. The summed E-state index contributed by atoms with van der Waals surface area (Å²) in [7, 11) is 0. The Morgan fingerprint density at radius 1 is 1.27 bits per heavy atom. The first kappa shape index (κ1) is 18.5. The van der Waals surface area contributed by atoms with Crippen molar-refractivity contribution < 1.29 is 4.79 Å². The average Bonchev–Trinajstić information content (AvgIpc) is 2.97. The van der Waals surface area contributed by atoms with Gasteiger partial charge in [-0.1, -0.05) is 57.9 Å². The molecule has 2 N–H and O–H groups in total. The van der Waals surface area contributed by atoms with Gasteiger partial charge in [-0.05, 0) is 43.3 Å². The van der Waals surface area contributed by atoms with Crippen molar-refractivity contribution in [2.24, 2.45) is 0 Å². The minimum Gasteiger partial charge on any atom is -0.354 e. The van der Waals surface area contributed by atoms with E-state index >= 15 is 0 Å². The van der Waals surface area contributed by atoms with Crippen LogP contribution >= 0.6 is 28.1 Å². The van der Waals surface area contributed by atoms with Gasteiger partial charge in [-0.15, -0.1) is 0 Å². The number of hydrogen-bond donors (Lipinski definition) is 2. The van der Waals surface area contributed by atoms with Gasteiger partial charge in [-0.2, -0.15) is 5.10 Å². The van der Waals surface area contributed by atoms with E-state index in [2.05, 4.69) is 31.4 Å². The van der Waals surface area contributed by atoms with E-state index in [0.717, 1.165) is 27.6 Å². The fourth-order valence-electron chi connectivity index (χ4n) is 2.71. The number of aromatic nitrogens is 3. The molecule has 0 bridgehead atoms. The number of carbonyl (C=O) groups is 1. The van der Waals surface area contributed by atoms with Crippen molar-refractivity contribution in [3.05, 3.63) is 68.9 Å². The summed E-state index contributed by atoms with van der Waals surface area (Å²) >= 11 is 8.81. The van der Waals surface area contributed by atoms with E-state index in [4.69, 9.17) is 12.2 Å². The van der Waals surface area contributed by atoms with E-state index < -0.39 is 0 Å². The van der Waals surface area contributed by atoms with Crippen LogP contribution in [0.5, 0.6) is 0 Å². The lowest BCUT2D eigenvalue weighted by atomic mass is 10.1. The lowest BCUT2D eigenvalue weighted by molar-refractivity contribution is -0.121. The maximum Gasteiger partial charge on any atom is 0.240 e. The molecule has 0 aliphatic carbocycles. The summed E-state index contributed by atoms with van der Waals surface area (Å²) in [6, 6.07) is 16.0. The Labute approximate surface area is 165 Å². The molecule has 1 heterocycles. The number of carbonyl (C=O) groups excluding carboxylic acids is 1. The average molecular weight is 431 g/mol. The minimum atomic E-state index is -0.0940. The molecule has 0 unspecified atom stereocenters. The first-order chi connectivity index (χ1) is 12.5. The van der Waals surface area contributed by atoms with Crippen LogP contribution in [0, 0.1) is 11.7 Å². The second-order valence-electron chi connectivity index (χ2n) is 6.00. The molecule has 26 heavy (non-hydrogen) atoms. The van der Waals surface area contributed by atoms with Crippen molar-refractivity contribution in [2.75, 3.05) is 6.54 Å². The third kappa shape index (κ3) is 4.47. The standard InChI is InChI=1S/C19H19BrN4OS/c1-13-5-4-7-15(11-13)18-22-23-19(26)24(18)12-17(25)21-10-9-14-6-2-3-8-16(14)20/h2-8,11H,9-10,12H2,1H3,(H,21,25)(H,23,26). The molecule has 1 amide bonds. The molecule has 0 saturated carbocycles. The Hall–Kier alpha value is -2.25.